The molecule has 1 N–H and O–H groups in total. The van der Waals surface area contributed by atoms with Gasteiger partial charge in [-0.25, -0.2) is 8.42 Å². The molecule has 7 heteroatoms. The van der Waals surface area contributed by atoms with E-state index in [4.69, 9.17) is 4.74 Å². The molecule has 1 atom stereocenters. The Balaban J connectivity index is 1.35. The van der Waals surface area contributed by atoms with Crippen molar-refractivity contribution < 1.29 is 22.8 Å². The lowest BCUT2D eigenvalue weighted by atomic mass is 10.1. The Morgan fingerprint density at radius 3 is 2.55 bits per heavy atom. The third kappa shape index (κ3) is 4.62. The molecule has 2 aliphatic heterocycles. The van der Waals surface area contributed by atoms with Crippen molar-refractivity contribution in [2.75, 3.05) is 44.8 Å². The quantitative estimate of drug-likeness (QED) is 0.750. The smallest absolute Gasteiger partial charge is 0.246 e. The summed E-state index contributed by atoms with van der Waals surface area (Å²) in [5.74, 6) is 1.44. The van der Waals surface area contributed by atoms with E-state index in [1.54, 1.807) is 13.2 Å². The maximum Gasteiger partial charge on any atom is 0.246 e. The molecule has 0 spiro atoms. The average molecular weight is 416 g/mol. The van der Waals surface area contributed by atoms with Crippen molar-refractivity contribution in [3.8, 4) is 5.75 Å². The number of fused-ring (bicyclic) bond motifs is 1. The number of amides is 1. The maximum atomic E-state index is 12.6. The maximum absolute atomic E-state index is 12.6. The van der Waals surface area contributed by atoms with Crippen LogP contribution in [-0.2, 0) is 14.6 Å². The van der Waals surface area contributed by atoms with Gasteiger partial charge in [0.1, 0.15) is 17.5 Å². The van der Waals surface area contributed by atoms with Crippen molar-refractivity contribution in [1.29, 1.82) is 0 Å². The van der Waals surface area contributed by atoms with Gasteiger partial charge < -0.3 is 14.5 Å². The number of ether oxygens (including phenoxy) is 1. The highest BCUT2D eigenvalue weighted by molar-refractivity contribution is 7.91. The molecule has 2 aliphatic rings. The standard InChI is InChI=1S/C22H26N2O4S/c1-28-21-6-5-18-14-17(2-4-19(18)15-21)3-7-22(25)24-11-9-23(10-12-24)20-8-13-29(26,27)16-20/h2-7,14-15,20H,8-13,16H2,1H3/p+1/b7-3+/t20-/m1/s1. The summed E-state index contributed by atoms with van der Waals surface area (Å²) in [7, 11) is -1.20. The minimum atomic E-state index is -2.85. The van der Waals surface area contributed by atoms with Crippen LogP contribution in [0.25, 0.3) is 16.8 Å². The van der Waals surface area contributed by atoms with Crippen LogP contribution in [0, 0.1) is 0 Å². The van der Waals surface area contributed by atoms with Crippen molar-refractivity contribution in [1.82, 2.24) is 4.90 Å². The van der Waals surface area contributed by atoms with Gasteiger partial charge in [-0.1, -0.05) is 18.2 Å². The van der Waals surface area contributed by atoms with Crippen LogP contribution in [0.3, 0.4) is 0 Å². The predicted molar refractivity (Wildman–Crippen MR) is 114 cm³/mol. The third-order valence-electron chi connectivity index (χ3n) is 6.02. The van der Waals surface area contributed by atoms with Crippen molar-refractivity contribution >= 4 is 32.6 Å². The minimum absolute atomic E-state index is 0.0120. The molecular formula is C22H27N2O4S+. The molecule has 0 radical (unpaired) electrons. The highest BCUT2D eigenvalue weighted by atomic mass is 32.2. The lowest BCUT2D eigenvalue weighted by Gasteiger charge is -2.34. The summed E-state index contributed by atoms with van der Waals surface area (Å²) in [6, 6.07) is 12.2. The van der Waals surface area contributed by atoms with Crippen LogP contribution in [0.1, 0.15) is 12.0 Å². The molecule has 2 heterocycles. The van der Waals surface area contributed by atoms with Crippen LogP contribution < -0.4 is 9.64 Å². The molecule has 154 valence electrons. The van der Waals surface area contributed by atoms with Crippen LogP contribution in [0.5, 0.6) is 5.75 Å². The number of methoxy groups -OCH3 is 1. The van der Waals surface area contributed by atoms with Crippen LogP contribution in [-0.4, -0.2) is 70.1 Å². The Kier molecular flexibility index (Phi) is 5.61. The first kappa shape index (κ1) is 19.9. The van der Waals surface area contributed by atoms with Gasteiger partial charge in [0.05, 0.1) is 39.0 Å². The first-order chi connectivity index (χ1) is 13.9. The molecule has 0 bridgehead atoms. The monoisotopic (exact) mass is 415 g/mol. The van der Waals surface area contributed by atoms with Gasteiger partial charge in [0.15, 0.2) is 9.84 Å². The predicted octanol–water partition coefficient (Wildman–Crippen LogP) is 0.776. The number of piperazine rings is 1. The second kappa shape index (κ2) is 8.16. The van der Waals surface area contributed by atoms with E-state index in [0.717, 1.165) is 41.6 Å². The van der Waals surface area contributed by atoms with E-state index in [0.29, 0.717) is 24.6 Å². The van der Waals surface area contributed by atoms with Crippen molar-refractivity contribution in [3.63, 3.8) is 0 Å². The van der Waals surface area contributed by atoms with Gasteiger partial charge in [-0.2, -0.15) is 0 Å². The van der Waals surface area contributed by atoms with E-state index in [1.807, 2.05) is 41.3 Å². The summed E-state index contributed by atoms with van der Waals surface area (Å²) in [4.78, 5) is 15.7. The summed E-state index contributed by atoms with van der Waals surface area (Å²) in [6.45, 7) is 2.98. The van der Waals surface area contributed by atoms with Gasteiger partial charge in [-0.15, -0.1) is 0 Å². The van der Waals surface area contributed by atoms with E-state index in [-0.39, 0.29) is 11.9 Å². The number of nitrogens with zero attached hydrogens (tertiary/aromatic N) is 1. The fraction of sp³-hybridized carbons (Fsp3) is 0.409. The fourth-order valence-electron chi connectivity index (χ4n) is 4.29. The van der Waals surface area contributed by atoms with Crippen LogP contribution in [0.4, 0.5) is 0 Å². The van der Waals surface area contributed by atoms with Crippen LogP contribution in [0.15, 0.2) is 42.5 Å². The highest BCUT2D eigenvalue weighted by Crippen LogP contribution is 2.22. The van der Waals surface area contributed by atoms with Crippen molar-refractivity contribution in [2.45, 2.75) is 12.5 Å². The van der Waals surface area contributed by atoms with Gasteiger partial charge in [0.25, 0.3) is 0 Å². The fourth-order valence-corrected chi connectivity index (χ4v) is 6.11. The molecule has 4 rings (SSSR count). The SMILES string of the molecule is COc1ccc2cc(/C=C/C(=O)N3CC[NH+]([C@@H]4CCS(=O)(=O)C4)CC3)ccc2c1. The van der Waals surface area contributed by atoms with E-state index < -0.39 is 9.84 Å². The van der Waals surface area contributed by atoms with Crippen LogP contribution >= 0.6 is 0 Å². The molecule has 0 aromatic heterocycles. The summed E-state index contributed by atoms with van der Waals surface area (Å²) in [5.41, 5.74) is 0.983. The number of quaternary nitrogens is 1. The number of hydrogen-bond donors (Lipinski definition) is 1. The van der Waals surface area contributed by atoms with E-state index >= 15 is 0 Å². The summed E-state index contributed by atoms with van der Waals surface area (Å²) in [6.07, 6.45) is 4.24. The molecule has 0 aliphatic carbocycles. The van der Waals surface area contributed by atoms with Crippen LogP contribution in [0.2, 0.25) is 0 Å². The number of rotatable bonds is 4. The summed E-state index contributed by atoms with van der Waals surface area (Å²) < 4.78 is 28.6. The summed E-state index contributed by atoms with van der Waals surface area (Å²) >= 11 is 0. The zero-order valence-electron chi connectivity index (χ0n) is 16.6. The molecule has 2 aromatic rings. The molecule has 1 amide bonds. The molecule has 29 heavy (non-hydrogen) atoms. The zero-order valence-corrected chi connectivity index (χ0v) is 17.5. The van der Waals surface area contributed by atoms with Gasteiger partial charge >= 0.3 is 0 Å². The number of hydrogen-bond acceptors (Lipinski definition) is 4. The topological polar surface area (TPSA) is 68.1 Å². The number of carbonyl (C=O) groups excluding carboxylic acids is 1. The van der Waals surface area contributed by atoms with Gasteiger partial charge in [0.2, 0.25) is 5.91 Å². The van der Waals surface area contributed by atoms with Gasteiger partial charge in [-0.3, -0.25) is 4.79 Å². The Labute approximate surface area is 171 Å². The summed E-state index contributed by atoms with van der Waals surface area (Å²) in [5, 5.41) is 2.20. The first-order valence-corrected chi connectivity index (χ1v) is 11.9. The highest BCUT2D eigenvalue weighted by Gasteiger charge is 2.37. The molecule has 2 saturated heterocycles. The second-order valence-electron chi connectivity index (χ2n) is 7.89. The molecule has 0 unspecified atom stereocenters. The third-order valence-corrected chi connectivity index (χ3v) is 7.78. The second-order valence-corrected chi connectivity index (χ2v) is 10.1. The van der Waals surface area contributed by atoms with Crippen molar-refractivity contribution in [2.24, 2.45) is 0 Å². The molecule has 2 aromatic carbocycles. The lowest BCUT2D eigenvalue weighted by Crippen LogP contribution is -3.18. The Morgan fingerprint density at radius 1 is 1.14 bits per heavy atom. The lowest BCUT2D eigenvalue weighted by molar-refractivity contribution is -0.925. The van der Waals surface area contributed by atoms with E-state index in [2.05, 4.69) is 6.07 Å². The number of sulfone groups is 1. The molecule has 2 fully saturated rings. The van der Waals surface area contributed by atoms with Gasteiger partial charge in [-0.05, 0) is 40.6 Å². The Morgan fingerprint density at radius 2 is 1.86 bits per heavy atom. The Bertz CT molecular complexity index is 1040. The Hall–Kier alpha value is -2.38. The molecule has 0 saturated carbocycles. The minimum Gasteiger partial charge on any atom is -0.497 e. The normalized spacial score (nSPS) is 22.4. The number of benzene rings is 2. The molecule has 6 nitrogen and oxygen atoms in total. The van der Waals surface area contributed by atoms with Gasteiger partial charge in [0, 0.05) is 12.5 Å². The van der Waals surface area contributed by atoms with Crippen molar-refractivity contribution in [3.05, 3.63) is 48.0 Å². The van der Waals surface area contributed by atoms with E-state index in [1.165, 1.54) is 4.90 Å². The first-order valence-electron chi connectivity index (χ1n) is 10.0. The largest absolute Gasteiger partial charge is 0.497 e. The molecular weight excluding hydrogens is 388 g/mol. The average Bonchev–Trinajstić information content (AvgIpc) is 3.11. The number of nitrogens with one attached hydrogen (secondary N) is 1. The zero-order chi connectivity index (χ0) is 20.4. The van der Waals surface area contributed by atoms with E-state index in [9.17, 15) is 13.2 Å². The number of carbonyl (C=O) groups is 1.